The molecular weight excluding hydrogens is 693 g/mol. The molecule has 3 aromatic rings. The van der Waals surface area contributed by atoms with Crippen LogP contribution in [0.5, 0.6) is 5.75 Å². The number of nitrogens with zero attached hydrogens (tertiary/aromatic N) is 4. The molecular formula is C34H45F3N6O7S. The second-order valence-electron chi connectivity index (χ2n) is 12.8. The van der Waals surface area contributed by atoms with Gasteiger partial charge >= 0.3 is 12.2 Å². The molecule has 51 heavy (non-hydrogen) atoms. The van der Waals surface area contributed by atoms with Crippen molar-refractivity contribution in [1.82, 2.24) is 18.8 Å². The van der Waals surface area contributed by atoms with Gasteiger partial charge in [-0.05, 0) is 75.6 Å². The number of benzene rings is 2. The molecule has 1 aliphatic heterocycles. The summed E-state index contributed by atoms with van der Waals surface area (Å²) < 4.78 is 80.6. The number of fused-ring (bicyclic) bond motifs is 1. The molecule has 1 aliphatic rings. The predicted octanol–water partition coefficient (Wildman–Crippen LogP) is 5.20. The molecule has 4 atom stereocenters. The first-order valence-electron chi connectivity index (χ1n) is 16.5. The highest BCUT2D eigenvalue weighted by Gasteiger charge is 2.33. The van der Waals surface area contributed by atoms with Gasteiger partial charge in [0.2, 0.25) is 0 Å². The van der Waals surface area contributed by atoms with E-state index in [1.54, 1.807) is 26.1 Å². The molecule has 0 spiro atoms. The Morgan fingerprint density at radius 2 is 1.78 bits per heavy atom. The second kappa shape index (κ2) is 16.9. The largest absolute Gasteiger partial charge is 0.490 e. The van der Waals surface area contributed by atoms with Crippen LogP contribution in [0.4, 0.5) is 29.3 Å². The van der Waals surface area contributed by atoms with Crippen molar-refractivity contribution in [1.29, 1.82) is 0 Å². The van der Waals surface area contributed by atoms with Gasteiger partial charge in [0.15, 0.2) is 5.03 Å². The lowest BCUT2D eigenvalue weighted by molar-refractivity contribution is -0.137. The highest BCUT2D eigenvalue weighted by molar-refractivity contribution is 7.89. The number of aliphatic hydroxyl groups is 1. The van der Waals surface area contributed by atoms with Gasteiger partial charge in [0.1, 0.15) is 5.75 Å². The number of hydrogen-bond donors (Lipinski definition) is 3. The van der Waals surface area contributed by atoms with Gasteiger partial charge in [0, 0.05) is 57.3 Å². The van der Waals surface area contributed by atoms with Gasteiger partial charge in [-0.3, -0.25) is 4.79 Å². The van der Waals surface area contributed by atoms with Crippen molar-refractivity contribution < 1.29 is 45.8 Å². The summed E-state index contributed by atoms with van der Waals surface area (Å²) in [5, 5.41) is 15.2. The summed E-state index contributed by atoms with van der Waals surface area (Å²) in [6, 6.07) is 7.06. The van der Waals surface area contributed by atoms with E-state index in [2.05, 4.69) is 15.6 Å². The van der Waals surface area contributed by atoms with E-state index in [-0.39, 0.29) is 53.5 Å². The van der Waals surface area contributed by atoms with Gasteiger partial charge in [-0.2, -0.15) is 17.5 Å². The number of carbonyl (C=O) groups excluding carboxylic acids is 2. The minimum Gasteiger partial charge on any atom is -0.490 e. The van der Waals surface area contributed by atoms with Gasteiger partial charge < -0.3 is 34.7 Å². The first-order valence-corrected chi connectivity index (χ1v) is 18.0. The number of amides is 3. The molecule has 1 aromatic heterocycles. The third-order valence-electron chi connectivity index (χ3n) is 8.57. The van der Waals surface area contributed by atoms with Crippen molar-refractivity contribution in [2.24, 2.45) is 13.0 Å². The SMILES string of the molecule is C[C@@H]1CCCCO[C@@H](CN(C)S(=O)(=O)c2cn(C)cn2)[C@@H](C)CN([C@H](C)CO)C(=O)c2cc(NC(=O)Nc3ccc(C(F)(F)F)cc3)ccc2O1. The molecule has 4 rings (SSSR count). The zero-order valence-electron chi connectivity index (χ0n) is 29.2. The van der Waals surface area contributed by atoms with Gasteiger partial charge in [-0.25, -0.2) is 18.2 Å². The Hall–Kier alpha value is -4.19. The van der Waals surface area contributed by atoms with E-state index in [0.717, 1.165) is 30.7 Å². The van der Waals surface area contributed by atoms with Crippen molar-refractivity contribution in [3.63, 3.8) is 0 Å². The number of hydrogen-bond acceptors (Lipinski definition) is 8. The standard InChI is InChI=1S/C34H45F3N6O7S/c1-22-17-43(23(2)20-44)32(45)28-16-27(40-33(46)39-26-11-9-25(10-12-26)34(35,36)37)13-14-29(28)50-24(3)8-6-7-15-49-30(22)18-42(5)51(47,48)31-19-41(4)21-38-31/h9-14,16,19,21-24,30,44H,6-8,15,17-18,20H2,1-5H3,(H2,39,40,46)/t22-,23+,24+,30-/m0/s1. The Kier molecular flexibility index (Phi) is 13.1. The highest BCUT2D eigenvalue weighted by Crippen LogP contribution is 2.31. The van der Waals surface area contributed by atoms with Crippen LogP contribution in [0.1, 0.15) is 56.0 Å². The van der Waals surface area contributed by atoms with Gasteiger partial charge in [0.25, 0.3) is 15.9 Å². The Morgan fingerprint density at radius 3 is 2.41 bits per heavy atom. The molecule has 17 heteroatoms. The van der Waals surface area contributed by atoms with Crippen LogP contribution in [0.15, 0.2) is 60.0 Å². The summed E-state index contributed by atoms with van der Waals surface area (Å²) in [6.45, 7) is 5.40. The number of imidazole rings is 1. The van der Waals surface area contributed by atoms with Crippen molar-refractivity contribution in [3.05, 3.63) is 66.1 Å². The summed E-state index contributed by atoms with van der Waals surface area (Å²) >= 11 is 0. The lowest BCUT2D eigenvalue weighted by Crippen LogP contribution is -2.48. The molecule has 0 fully saturated rings. The minimum atomic E-state index is -4.52. The summed E-state index contributed by atoms with van der Waals surface area (Å²) in [5.41, 5.74) is -0.427. The number of nitrogens with one attached hydrogen (secondary N) is 2. The topological polar surface area (TPSA) is 155 Å². The summed E-state index contributed by atoms with van der Waals surface area (Å²) in [4.78, 5) is 32.6. The quantitative estimate of drug-likeness (QED) is 0.285. The normalized spacial score (nSPS) is 20.2. The fourth-order valence-electron chi connectivity index (χ4n) is 5.53. The molecule has 13 nitrogen and oxygen atoms in total. The number of likely N-dealkylation sites (N-methyl/N-ethyl adjacent to an activating group) is 1. The van der Waals surface area contributed by atoms with Gasteiger partial charge in [0.05, 0.1) is 42.3 Å². The number of ether oxygens (including phenoxy) is 2. The average molecular weight is 739 g/mol. The van der Waals surface area contributed by atoms with Crippen molar-refractivity contribution >= 4 is 33.3 Å². The van der Waals surface area contributed by atoms with Crippen LogP contribution in [-0.2, 0) is 28.0 Å². The molecule has 0 bridgehead atoms. The number of urea groups is 1. The first kappa shape index (κ1) is 39.6. The third-order valence-corrected chi connectivity index (χ3v) is 10.3. The molecule has 280 valence electrons. The zero-order valence-corrected chi connectivity index (χ0v) is 30.0. The number of rotatable bonds is 8. The fraction of sp³-hybridized carbons (Fsp3) is 0.500. The van der Waals surface area contributed by atoms with Crippen molar-refractivity contribution in [2.75, 3.05) is 44.0 Å². The lowest BCUT2D eigenvalue weighted by Gasteiger charge is -2.35. The zero-order chi connectivity index (χ0) is 37.5. The van der Waals surface area contributed by atoms with Crippen LogP contribution in [-0.4, -0.2) is 95.8 Å². The number of sulfonamides is 1. The van der Waals surface area contributed by atoms with Crippen LogP contribution in [0, 0.1) is 5.92 Å². The van der Waals surface area contributed by atoms with E-state index >= 15 is 0 Å². The Balaban J connectivity index is 1.60. The highest BCUT2D eigenvalue weighted by atomic mass is 32.2. The summed E-state index contributed by atoms with van der Waals surface area (Å²) in [7, 11) is -0.820. The molecule has 2 aromatic carbocycles. The Bertz CT molecular complexity index is 1750. The fourth-order valence-corrected chi connectivity index (χ4v) is 6.67. The van der Waals surface area contributed by atoms with Crippen LogP contribution in [0.3, 0.4) is 0 Å². The van der Waals surface area contributed by atoms with Crippen LogP contribution < -0.4 is 15.4 Å². The van der Waals surface area contributed by atoms with Gasteiger partial charge in [-0.15, -0.1) is 0 Å². The van der Waals surface area contributed by atoms with Crippen molar-refractivity contribution in [2.45, 2.75) is 69.5 Å². The van der Waals surface area contributed by atoms with E-state index < -0.39 is 51.8 Å². The maximum absolute atomic E-state index is 14.3. The van der Waals surface area contributed by atoms with Crippen LogP contribution >= 0.6 is 0 Å². The van der Waals surface area contributed by atoms with E-state index in [1.165, 1.54) is 39.4 Å². The maximum Gasteiger partial charge on any atom is 0.416 e. The van der Waals surface area contributed by atoms with Gasteiger partial charge in [-0.1, -0.05) is 6.92 Å². The molecule has 2 heterocycles. The number of halogens is 3. The summed E-state index contributed by atoms with van der Waals surface area (Å²) in [6.07, 6.45) is -0.630. The van der Waals surface area contributed by atoms with E-state index in [1.807, 2.05) is 13.8 Å². The molecule has 0 saturated carbocycles. The minimum absolute atomic E-state index is 0.0200. The number of anilines is 2. The molecule has 3 N–H and O–H groups in total. The Morgan fingerprint density at radius 1 is 1.12 bits per heavy atom. The van der Waals surface area contributed by atoms with E-state index in [4.69, 9.17) is 9.47 Å². The summed E-state index contributed by atoms with van der Waals surface area (Å²) in [5.74, 6) is -0.663. The predicted molar refractivity (Wildman–Crippen MR) is 184 cm³/mol. The first-order chi connectivity index (χ1) is 24.0. The molecule has 0 radical (unpaired) electrons. The van der Waals surface area contributed by atoms with E-state index in [9.17, 15) is 36.3 Å². The maximum atomic E-state index is 14.3. The molecule has 3 amide bonds. The molecule has 0 aliphatic carbocycles. The van der Waals surface area contributed by atoms with E-state index in [0.29, 0.717) is 19.4 Å². The number of aromatic nitrogens is 2. The van der Waals surface area contributed by atoms with Crippen LogP contribution in [0.2, 0.25) is 0 Å². The second-order valence-corrected chi connectivity index (χ2v) is 14.8. The number of alkyl halides is 3. The smallest absolute Gasteiger partial charge is 0.416 e. The monoisotopic (exact) mass is 738 g/mol. The number of aryl methyl sites for hydroxylation is 1. The van der Waals surface area contributed by atoms with Crippen LogP contribution in [0.25, 0.3) is 0 Å². The lowest BCUT2D eigenvalue weighted by atomic mass is 10.0. The number of carbonyl (C=O) groups is 2. The molecule has 0 unspecified atom stereocenters. The average Bonchev–Trinajstić information content (AvgIpc) is 3.52. The molecule has 0 saturated heterocycles. The third kappa shape index (κ3) is 10.4. The number of aliphatic hydroxyl groups excluding tert-OH is 1. The van der Waals surface area contributed by atoms with Crippen molar-refractivity contribution in [3.8, 4) is 5.75 Å². The Labute approximate surface area is 295 Å².